The van der Waals surface area contributed by atoms with Gasteiger partial charge < -0.3 is 19.4 Å². The monoisotopic (exact) mass is 448 g/mol. The van der Waals surface area contributed by atoms with Crippen LogP contribution in [0.4, 0.5) is 0 Å². The topological polar surface area (TPSA) is 78.9 Å². The molecule has 1 saturated heterocycles. The molecule has 2 aromatic carbocycles. The van der Waals surface area contributed by atoms with Crippen LogP contribution in [0.1, 0.15) is 11.1 Å². The lowest BCUT2D eigenvalue weighted by Crippen LogP contribution is -2.40. The molecule has 0 aliphatic carbocycles. The zero-order chi connectivity index (χ0) is 21.0. The van der Waals surface area contributed by atoms with Gasteiger partial charge >= 0.3 is 0 Å². The predicted octanol–water partition coefficient (Wildman–Crippen LogP) is 2.88. The number of amides is 1. The highest BCUT2D eigenvalue weighted by Crippen LogP contribution is 2.34. The molecule has 9 heteroatoms. The number of carboxylic acid groups (broad SMARTS) is 1. The number of methoxy groups -OCH3 is 1. The molecule has 2 aromatic rings. The molecule has 1 heterocycles. The summed E-state index contributed by atoms with van der Waals surface area (Å²) in [4.78, 5) is 24.5. The minimum absolute atomic E-state index is 0.181. The lowest BCUT2D eigenvalue weighted by molar-refractivity contribution is -0.305. The van der Waals surface area contributed by atoms with Crippen LogP contribution in [0.2, 0.25) is 5.02 Å². The minimum atomic E-state index is -1.37. The summed E-state index contributed by atoms with van der Waals surface area (Å²) < 4.78 is 11.4. The Morgan fingerprint density at radius 3 is 2.62 bits per heavy atom. The summed E-state index contributed by atoms with van der Waals surface area (Å²) in [6.45, 7) is -0.225. The van der Waals surface area contributed by atoms with Gasteiger partial charge in [-0.25, -0.2) is 0 Å². The number of thiocarbonyl (C=S) groups is 1. The largest absolute Gasteiger partial charge is 0.548 e. The third kappa shape index (κ3) is 5.29. The van der Waals surface area contributed by atoms with Crippen LogP contribution in [0.5, 0.6) is 11.5 Å². The van der Waals surface area contributed by atoms with Crippen LogP contribution in [0.15, 0.2) is 47.4 Å². The first kappa shape index (κ1) is 21.2. The highest BCUT2D eigenvalue weighted by Gasteiger charge is 2.31. The number of benzene rings is 2. The number of carbonyl (C=O) groups excluding carboxylic acids is 2. The molecule has 150 valence electrons. The van der Waals surface area contributed by atoms with E-state index in [2.05, 4.69) is 0 Å². The summed E-state index contributed by atoms with van der Waals surface area (Å²) >= 11 is 12.0. The van der Waals surface area contributed by atoms with Crippen LogP contribution >= 0.6 is 35.6 Å². The lowest BCUT2D eigenvalue weighted by atomic mass is 10.1. The van der Waals surface area contributed by atoms with E-state index in [9.17, 15) is 14.7 Å². The zero-order valence-electron chi connectivity index (χ0n) is 15.2. The zero-order valence-corrected chi connectivity index (χ0v) is 17.6. The van der Waals surface area contributed by atoms with Crippen LogP contribution < -0.4 is 14.6 Å². The molecule has 0 saturated carbocycles. The standard InChI is InChI=1S/C20H16ClNO5S2/c1-26-16-8-13(9-17-19(25)22(10-18(23)24)20(28)29-17)4-7-15(16)27-11-12-2-5-14(21)6-3-12/h2-9H,10-11H2,1H3,(H,23,24)/p-1/b17-9-. The molecule has 0 spiro atoms. The maximum Gasteiger partial charge on any atom is 0.266 e. The fraction of sp³-hybridized carbons (Fsp3) is 0.150. The molecular formula is C20H15ClNO5S2-. The Morgan fingerprint density at radius 2 is 1.97 bits per heavy atom. The second-order valence-corrected chi connectivity index (χ2v) is 8.08. The molecule has 0 unspecified atom stereocenters. The van der Waals surface area contributed by atoms with Crippen molar-refractivity contribution in [3.63, 3.8) is 0 Å². The molecule has 0 N–H and O–H groups in total. The Bertz CT molecular complexity index is 991. The fourth-order valence-electron chi connectivity index (χ4n) is 2.55. The Balaban J connectivity index is 1.75. The predicted molar refractivity (Wildman–Crippen MR) is 114 cm³/mol. The van der Waals surface area contributed by atoms with Crippen LogP contribution in [0.3, 0.4) is 0 Å². The van der Waals surface area contributed by atoms with Gasteiger partial charge in [0.2, 0.25) is 0 Å². The SMILES string of the molecule is COc1cc(/C=C2\SC(=S)N(CC(=O)[O-])C2=O)ccc1OCc1ccc(Cl)cc1. The van der Waals surface area contributed by atoms with Crippen molar-refractivity contribution < 1.29 is 24.2 Å². The molecule has 29 heavy (non-hydrogen) atoms. The number of carboxylic acids is 1. The van der Waals surface area contributed by atoms with Gasteiger partial charge in [-0.15, -0.1) is 0 Å². The Kier molecular flexibility index (Phi) is 6.79. The first-order valence-corrected chi connectivity index (χ1v) is 9.98. The van der Waals surface area contributed by atoms with E-state index in [1.807, 2.05) is 12.1 Å². The van der Waals surface area contributed by atoms with E-state index < -0.39 is 18.4 Å². The van der Waals surface area contributed by atoms with Gasteiger partial charge in [-0.2, -0.15) is 0 Å². The fourth-order valence-corrected chi connectivity index (χ4v) is 3.93. The van der Waals surface area contributed by atoms with E-state index in [0.717, 1.165) is 22.2 Å². The molecule has 0 bridgehead atoms. The second kappa shape index (κ2) is 9.30. The number of aliphatic carboxylic acids is 1. The highest BCUT2D eigenvalue weighted by molar-refractivity contribution is 8.26. The summed E-state index contributed by atoms with van der Waals surface area (Å²) in [5.74, 6) is -0.792. The average Bonchev–Trinajstić information content (AvgIpc) is 2.95. The maximum atomic E-state index is 12.4. The van der Waals surface area contributed by atoms with Crippen molar-refractivity contribution in [1.29, 1.82) is 0 Å². The molecular weight excluding hydrogens is 434 g/mol. The summed E-state index contributed by atoms with van der Waals surface area (Å²) in [6.07, 6.45) is 1.63. The van der Waals surface area contributed by atoms with Crippen molar-refractivity contribution in [1.82, 2.24) is 4.90 Å². The number of hydrogen-bond acceptors (Lipinski definition) is 7. The molecule has 6 nitrogen and oxygen atoms in total. The summed E-state index contributed by atoms with van der Waals surface area (Å²) in [5.41, 5.74) is 1.65. The van der Waals surface area contributed by atoms with Gasteiger partial charge in [0.1, 0.15) is 10.9 Å². The third-order valence-electron chi connectivity index (χ3n) is 3.95. The highest BCUT2D eigenvalue weighted by atomic mass is 35.5. The van der Waals surface area contributed by atoms with Crippen LogP contribution in [-0.2, 0) is 16.2 Å². The molecule has 1 aliphatic heterocycles. The van der Waals surface area contributed by atoms with Crippen molar-refractivity contribution in [2.24, 2.45) is 0 Å². The second-order valence-electron chi connectivity index (χ2n) is 5.97. The number of ether oxygens (including phenoxy) is 2. The summed E-state index contributed by atoms with van der Waals surface area (Å²) in [5, 5.41) is 11.4. The number of nitrogens with zero attached hydrogens (tertiary/aromatic N) is 1. The molecule has 0 aromatic heterocycles. The van der Waals surface area contributed by atoms with E-state index in [4.69, 9.17) is 33.3 Å². The van der Waals surface area contributed by atoms with Crippen LogP contribution in [0, 0.1) is 0 Å². The number of rotatable bonds is 7. The van der Waals surface area contributed by atoms with Crippen molar-refractivity contribution >= 4 is 57.9 Å². The van der Waals surface area contributed by atoms with Crippen LogP contribution in [0.25, 0.3) is 6.08 Å². The Labute approximate surface area is 182 Å². The number of carbonyl (C=O) groups is 2. The molecule has 3 rings (SSSR count). The summed E-state index contributed by atoms with van der Waals surface area (Å²) in [6, 6.07) is 12.6. The first-order valence-electron chi connectivity index (χ1n) is 8.38. The van der Waals surface area contributed by atoms with E-state index >= 15 is 0 Å². The molecule has 1 fully saturated rings. The van der Waals surface area contributed by atoms with E-state index in [-0.39, 0.29) is 4.32 Å². The maximum absolute atomic E-state index is 12.4. The molecule has 1 amide bonds. The van der Waals surface area contributed by atoms with Gasteiger partial charge in [-0.3, -0.25) is 9.69 Å². The minimum Gasteiger partial charge on any atom is -0.548 e. The lowest BCUT2D eigenvalue weighted by Gasteiger charge is -2.14. The van der Waals surface area contributed by atoms with Crippen molar-refractivity contribution in [2.75, 3.05) is 13.7 Å². The third-order valence-corrected chi connectivity index (χ3v) is 5.58. The van der Waals surface area contributed by atoms with Gasteiger partial charge in [0.25, 0.3) is 5.91 Å². The van der Waals surface area contributed by atoms with Crippen molar-refractivity contribution in [2.45, 2.75) is 6.61 Å². The Hall–Kier alpha value is -2.55. The number of thioether (sulfide) groups is 1. The van der Waals surface area contributed by atoms with Gasteiger partial charge in [0.15, 0.2) is 11.5 Å². The van der Waals surface area contributed by atoms with Crippen LogP contribution in [-0.4, -0.2) is 34.8 Å². The van der Waals surface area contributed by atoms with E-state index in [1.165, 1.54) is 7.11 Å². The number of hydrogen-bond donors (Lipinski definition) is 0. The molecule has 0 radical (unpaired) electrons. The number of halogens is 1. The normalized spacial score (nSPS) is 15.1. The van der Waals surface area contributed by atoms with Crippen molar-refractivity contribution in [3.05, 3.63) is 63.5 Å². The summed E-state index contributed by atoms with van der Waals surface area (Å²) in [7, 11) is 1.52. The smallest absolute Gasteiger partial charge is 0.266 e. The quantitative estimate of drug-likeness (QED) is 0.476. The first-order chi connectivity index (χ1) is 13.9. The van der Waals surface area contributed by atoms with Gasteiger partial charge in [0, 0.05) is 5.02 Å². The van der Waals surface area contributed by atoms with Gasteiger partial charge in [0.05, 0.1) is 24.5 Å². The average molecular weight is 449 g/mol. The van der Waals surface area contributed by atoms with Gasteiger partial charge in [-0.05, 0) is 41.5 Å². The van der Waals surface area contributed by atoms with Gasteiger partial charge in [-0.1, -0.05) is 53.8 Å². The Morgan fingerprint density at radius 1 is 1.24 bits per heavy atom. The molecule has 0 atom stereocenters. The molecule has 1 aliphatic rings. The van der Waals surface area contributed by atoms with E-state index in [1.54, 1.807) is 36.4 Å². The van der Waals surface area contributed by atoms with E-state index in [0.29, 0.717) is 33.6 Å². The van der Waals surface area contributed by atoms with Crippen molar-refractivity contribution in [3.8, 4) is 11.5 Å².